The molecule has 3 rings (SSSR count). The van der Waals surface area contributed by atoms with Crippen LogP contribution in [0.1, 0.15) is 16.1 Å². The van der Waals surface area contributed by atoms with E-state index in [4.69, 9.17) is 17.2 Å². The second kappa shape index (κ2) is 6.35. The van der Waals surface area contributed by atoms with Gasteiger partial charge in [0.25, 0.3) is 5.91 Å². The molecule has 3 aromatic rings. The molecular weight excluding hydrogens is 322 g/mol. The number of hydrogen-bond donors (Lipinski definition) is 3. The summed E-state index contributed by atoms with van der Waals surface area (Å²) < 4.78 is 1.45. The third kappa shape index (κ3) is 3.13. The molecule has 0 fully saturated rings. The van der Waals surface area contributed by atoms with Gasteiger partial charge in [0.1, 0.15) is 11.3 Å². The summed E-state index contributed by atoms with van der Waals surface area (Å²) in [6.45, 7) is 1.67. The van der Waals surface area contributed by atoms with Gasteiger partial charge < -0.3 is 17.2 Å². The van der Waals surface area contributed by atoms with E-state index in [2.05, 4.69) is 25.3 Å². The van der Waals surface area contributed by atoms with Gasteiger partial charge in [-0.15, -0.1) is 10.2 Å². The van der Waals surface area contributed by atoms with E-state index in [-0.39, 0.29) is 28.8 Å². The van der Waals surface area contributed by atoms with Gasteiger partial charge in [-0.1, -0.05) is 18.2 Å². The number of aromatic nitrogens is 4. The minimum atomic E-state index is -0.672. The zero-order valence-corrected chi connectivity index (χ0v) is 13.3. The molecule has 2 heterocycles. The number of nitrogens with two attached hydrogens (primary N) is 3. The van der Waals surface area contributed by atoms with Crippen molar-refractivity contribution in [3.05, 3.63) is 47.8 Å². The number of nitrogens with zero attached hydrogens (tertiary/aromatic N) is 6. The first-order valence-electron chi connectivity index (χ1n) is 7.22. The Labute approximate surface area is 142 Å². The van der Waals surface area contributed by atoms with Crippen LogP contribution in [0.15, 0.2) is 46.8 Å². The van der Waals surface area contributed by atoms with Crippen molar-refractivity contribution in [3.63, 3.8) is 0 Å². The number of benzene rings is 1. The average molecular weight is 337 g/mol. The molecular formula is C15H15N9O. The number of amides is 1. The molecule has 0 saturated heterocycles. The Kier molecular flexibility index (Phi) is 4.08. The van der Waals surface area contributed by atoms with E-state index < -0.39 is 5.91 Å². The number of para-hydroxylation sites is 1. The molecule has 0 aliphatic rings. The summed E-state index contributed by atoms with van der Waals surface area (Å²) >= 11 is 0. The highest BCUT2D eigenvalue weighted by Gasteiger charge is 2.17. The van der Waals surface area contributed by atoms with Crippen molar-refractivity contribution in [2.75, 3.05) is 11.5 Å². The largest absolute Gasteiger partial charge is 0.382 e. The van der Waals surface area contributed by atoms with Crippen molar-refractivity contribution >= 4 is 29.2 Å². The molecule has 25 heavy (non-hydrogen) atoms. The third-order valence-corrected chi connectivity index (χ3v) is 3.36. The lowest BCUT2D eigenvalue weighted by atomic mass is 10.3. The van der Waals surface area contributed by atoms with Gasteiger partial charge in [0, 0.05) is 0 Å². The van der Waals surface area contributed by atoms with E-state index >= 15 is 0 Å². The minimum absolute atomic E-state index is 0.0427. The van der Waals surface area contributed by atoms with Crippen LogP contribution in [0.25, 0.3) is 5.69 Å². The summed E-state index contributed by atoms with van der Waals surface area (Å²) in [6, 6.07) is 9.14. The standard InChI is InChI=1S/C15H15N9O/c1-8-11(12(16)21-15(18)20-8)22-23-14-10(13(17)25)7-19-24(14)9-5-3-2-4-6-9/h2-7H,1H3,(H2,17,25)(H4,16,18,20,21)/b23-22+. The number of nitrogen functional groups attached to an aromatic ring is 2. The normalized spacial score (nSPS) is 11.1. The van der Waals surface area contributed by atoms with Crippen LogP contribution < -0.4 is 17.2 Å². The summed E-state index contributed by atoms with van der Waals surface area (Å²) in [5.41, 5.74) is 18.3. The molecule has 10 nitrogen and oxygen atoms in total. The van der Waals surface area contributed by atoms with Gasteiger partial charge in [-0.05, 0) is 19.1 Å². The molecule has 1 amide bonds. The van der Waals surface area contributed by atoms with Crippen LogP contribution in [0.2, 0.25) is 0 Å². The Balaban J connectivity index is 2.11. The zero-order chi connectivity index (χ0) is 18.0. The van der Waals surface area contributed by atoms with Gasteiger partial charge in [0.05, 0.1) is 17.6 Å². The predicted molar refractivity (Wildman–Crippen MR) is 91.9 cm³/mol. The number of carbonyl (C=O) groups is 1. The van der Waals surface area contributed by atoms with Crippen molar-refractivity contribution in [1.29, 1.82) is 0 Å². The predicted octanol–water partition coefficient (Wildman–Crippen LogP) is 1.65. The fraction of sp³-hybridized carbons (Fsp3) is 0.0667. The summed E-state index contributed by atoms with van der Waals surface area (Å²) in [5.74, 6) is -0.370. The lowest BCUT2D eigenvalue weighted by molar-refractivity contribution is 0.100. The molecule has 2 aromatic heterocycles. The van der Waals surface area contributed by atoms with E-state index in [9.17, 15) is 4.79 Å². The number of anilines is 2. The molecule has 0 saturated carbocycles. The molecule has 0 radical (unpaired) electrons. The lowest BCUT2D eigenvalue weighted by Gasteiger charge is -2.05. The topological polar surface area (TPSA) is 163 Å². The lowest BCUT2D eigenvalue weighted by Crippen LogP contribution is -2.10. The van der Waals surface area contributed by atoms with Gasteiger partial charge >= 0.3 is 0 Å². The Morgan fingerprint density at radius 3 is 2.48 bits per heavy atom. The first-order chi connectivity index (χ1) is 12.0. The van der Waals surface area contributed by atoms with Crippen molar-refractivity contribution in [1.82, 2.24) is 19.7 Å². The highest BCUT2D eigenvalue weighted by molar-refractivity contribution is 5.97. The van der Waals surface area contributed by atoms with Crippen molar-refractivity contribution in [2.24, 2.45) is 16.0 Å². The van der Waals surface area contributed by atoms with Crippen molar-refractivity contribution < 1.29 is 4.79 Å². The monoisotopic (exact) mass is 337 g/mol. The molecule has 0 atom stereocenters. The Bertz CT molecular complexity index is 939. The summed E-state index contributed by atoms with van der Waals surface area (Å²) in [7, 11) is 0. The van der Waals surface area contributed by atoms with Crippen LogP contribution >= 0.6 is 0 Å². The average Bonchev–Trinajstić information content (AvgIpc) is 2.99. The molecule has 0 bridgehead atoms. The quantitative estimate of drug-likeness (QED) is 0.612. The summed E-state index contributed by atoms with van der Waals surface area (Å²) in [4.78, 5) is 19.5. The molecule has 126 valence electrons. The second-order valence-electron chi connectivity index (χ2n) is 5.09. The molecule has 1 aromatic carbocycles. The van der Waals surface area contributed by atoms with Gasteiger partial charge in [-0.25, -0.2) is 9.67 Å². The molecule has 0 unspecified atom stereocenters. The van der Waals surface area contributed by atoms with Gasteiger partial charge in [-0.3, -0.25) is 4.79 Å². The highest BCUT2D eigenvalue weighted by Crippen LogP contribution is 2.29. The van der Waals surface area contributed by atoms with Gasteiger partial charge in [-0.2, -0.15) is 10.1 Å². The minimum Gasteiger partial charge on any atom is -0.382 e. The smallest absolute Gasteiger partial charge is 0.254 e. The SMILES string of the molecule is Cc1nc(N)nc(N)c1/N=N/c1c(C(N)=O)cnn1-c1ccccc1. The first-order valence-corrected chi connectivity index (χ1v) is 7.22. The number of carbonyl (C=O) groups excluding carboxylic acids is 1. The van der Waals surface area contributed by atoms with Crippen LogP contribution in [-0.2, 0) is 0 Å². The molecule has 0 spiro atoms. The second-order valence-corrected chi connectivity index (χ2v) is 5.09. The zero-order valence-electron chi connectivity index (χ0n) is 13.3. The Hall–Kier alpha value is -3.82. The number of aryl methyl sites for hydroxylation is 1. The fourth-order valence-corrected chi connectivity index (χ4v) is 2.20. The highest BCUT2D eigenvalue weighted by atomic mass is 16.1. The summed E-state index contributed by atoms with van der Waals surface area (Å²) in [5, 5.41) is 12.3. The van der Waals surface area contributed by atoms with E-state index in [1.54, 1.807) is 6.92 Å². The maximum atomic E-state index is 11.7. The van der Waals surface area contributed by atoms with E-state index in [0.29, 0.717) is 11.4 Å². The van der Waals surface area contributed by atoms with Crippen LogP contribution in [0.4, 0.5) is 23.3 Å². The molecule has 0 aliphatic carbocycles. The van der Waals surface area contributed by atoms with E-state index in [0.717, 1.165) is 0 Å². The maximum absolute atomic E-state index is 11.7. The third-order valence-electron chi connectivity index (χ3n) is 3.36. The van der Waals surface area contributed by atoms with E-state index in [1.165, 1.54) is 10.9 Å². The van der Waals surface area contributed by atoms with Gasteiger partial charge in [0.2, 0.25) is 5.95 Å². The number of hydrogen-bond acceptors (Lipinski definition) is 8. The molecule has 10 heteroatoms. The Morgan fingerprint density at radius 2 is 1.84 bits per heavy atom. The van der Waals surface area contributed by atoms with Crippen LogP contribution in [-0.4, -0.2) is 25.7 Å². The molecule has 0 aliphatic heterocycles. The van der Waals surface area contributed by atoms with Crippen LogP contribution in [0.5, 0.6) is 0 Å². The first kappa shape index (κ1) is 16.1. The van der Waals surface area contributed by atoms with Crippen LogP contribution in [0.3, 0.4) is 0 Å². The van der Waals surface area contributed by atoms with Crippen LogP contribution in [0, 0.1) is 6.92 Å². The summed E-state index contributed by atoms with van der Waals surface area (Å²) in [6.07, 6.45) is 1.33. The fourth-order valence-electron chi connectivity index (χ4n) is 2.20. The van der Waals surface area contributed by atoms with Gasteiger partial charge in [0.15, 0.2) is 11.6 Å². The van der Waals surface area contributed by atoms with E-state index in [1.807, 2.05) is 30.3 Å². The maximum Gasteiger partial charge on any atom is 0.254 e. The number of rotatable bonds is 4. The van der Waals surface area contributed by atoms with Crippen molar-refractivity contribution in [2.45, 2.75) is 6.92 Å². The molecule has 6 N–H and O–H groups in total. The van der Waals surface area contributed by atoms with Crippen molar-refractivity contribution in [3.8, 4) is 5.69 Å². The number of primary amides is 1. The Morgan fingerprint density at radius 1 is 1.12 bits per heavy atom. The number of azo groups is 1.